The van der Waals surface area contributed by atoms with Crippen molar-refractivity contribution in [2.75, 3.05) is 4.72 Å². The molecule has 0 saturated carbocycles. The van der Waals surface area contributed by atoms with E-state index in [9.17, 15) is 18.3 Å². The molecule has 4 rings (SSSR count). The van der Waals surface area contributed by atoms with Gasteiger partial charge in [0.15, 0.2) is 6.10 Å². The minimum atomic E-state index is -3.77. The predicted molar refractivity (Wildman–Crippen MR) is 149 cm³/mol. The van der Waals surface area contributed by atoms with Gasteiger partial charge in [0, 0.05) is 11.3 Å². The van der Waals surface area contributed by atoms with E-state index < -0.39 is 27.7 Å². The lowest BCUT2D eigenvalue weighted by Gasteiger charge is -2.28. The first-order valence-electron chi connectivity index (χ1n) is 12.4. The standard InChI is InChI=1S/C30H33NO6S/c1-19-8-10-21(11-9-19)18-38(34,35)31-24-15-20(2)27(23-12-13-26-22(16-23)7-6-14-36-26)25(17-24)28(29(32)33)37-30(3,4)5/h6,8-17,28,31H,7,18H2,1-5H3,(H,32,33). The van der Waals surface area contributed by atoms with Crippen molar-refractivity contribution in [1.29, 1.82) is 0 Å². The van der Waals surface area contributed by atoms with Gasteiger partial charge in [0.05, 0.1) is 17.6 Å². The first-order valence-corrected chi connectivity index (χ1v) is 14.0. The number of aryl methyl sites for hydroxylation is 2. The molecule has 2 N–H and O–H groups in total. The number of carbonyl (C=O) groups is 1. The number of carboxylic acids is 1. The van der Waals surface area contributed by atoms with Gasteiger partial charge >= 0.3 is 5.97 Å². The second-order valence-electron chi connectivity index (χ2n) is 10.6. The van der Waals surface area contributed by atoms with E-state index in [1.165, 1.54) is 0 Å². The summed E-state index contributed by atoms with van der Waals surface area (Å²) in [5, 5.41) is 10.2. The molecule has 0 aliphatic carbocycles. The molecule has 1 atom stereocenters. The minimum absolute atomic E-state index is 0.206. The number of rotatable bonds is 8. The number of aliphatic carboxylic acids is 1. The van der Waals surface area contributed by atoms with Crippen LogP contribution in [0.5, 0.6) is 5.75 Å². The molecule has 0 radical (unpaired) electrons. The Morgan fingerprint density at radius 1 is 1.08 bits per heavy atom. The van der Waals surface area contributed by atoms with Crippen molar-refractivity contribution in [3.8, 4) is 16.9 Å². The Hall–Kier alpha value is -3.62. The van der Waals surface area contributed by atoms with Gasteiger partial charge in [0.2, 0.25) is 10.0 Å². The normalized spacial score (nSPS) is 13.9. The van der Waals surface area contributed by atoms with Gasteiger partial charge in [0.25, 0.3) is 0 Å². The molecule has 3 aromatic rings. The molecule has 1 heterocycles. The molecule has 38 heavy (non-hydrogen) atoms. The van der Waals surface area contributed by atoms with Crippen LogP contribution >= 0.6 is 0 Å². The van der Waals surface area contributed by atoms with Crippen LogP contribution in [0.3, 0.4) is 0 Å². The summed E-state index contributed by atoms with van der Waals surface area (Å²) in [5.41, 5.74) is 4.75. The number of anilines is 1. The molecule has 0 bridgehead atoms. The Labute approximate surface area is 224 Å². The summed E-state index contributed by atoms with van der Waals surface area (Å²) in [5.74, 6) is -0.621. The second-order valence-corrected chi connectivity index (χ2v) is 12.3. The quantitative estimate of drug-likeness (QED) is 0.351. The molecule has 1 unspecified atom stereocenters. The maximum Gasteiger partial charge on any atom is 0.337 e. The highest BCUT2D eigenvalue weighted by molar-refractivity contribution is 7.91. The lowest BCUT2D eigenvalue weighted by molar-refractivity contribution is -0.160. The van der Waals surface area contributed by atoms with Gasteiger partial charge in [-0.05, 0) is 99.2 Å². The largest absolute Gasteiger partial charge is 0.479 e. The van der Waals surface area contributed by atoms with Crippen LogP contribution < -0.4 is 9.46 Å². The average Bonchev–Trinajstić information content (AvgIpc) is 2.82. The fourth-order valence-electron chi connectivity index (χ4n) is 4.50. The number of benzene rings is 3. The van der Waals surface area contributed by atoms with E-state index >= 15 is 0 Å². The molecular formula is C30H33NO6S. The van der Waals surface area contributed by atoms with Gasteiger partial charge < -0.3 is 14.6 Å². The van der Waals surface area contributed by atoms with Crippen molar-refractivity contribution in [1.82, 2.24) is 0 Å². The summed E-state index contributed by atoms with van der Waals surface area (Å²) in [6, 6.07) is 16.3. The van der Waals surface area contributed by atoms with Crippen LogP contribution in [0.1, 0.15) is 54.7 Å². The van der Waals surface area contributed by atoms with E-state index in [1.54, 1.807) is 51.3 Å². The van der Waals surface area contributed by atoms with Gasteiger partial charge in [-0.2, -0.15) is 0 Å². The lowest BCUT2D eigenvalue weighted by Crippen LogP contribution is -2.28. The Bertz CT molecular complexity index is 1480. The van der Waals surface area contributed by atoms with Gasteiger partial charge in [-0.15, -0.1) is 0 Å². The molecule has 0 fully saturated rings. The van der Waals surface area contributed by atoms with E-state index in [4.69, 9.17) is 9.47 Å². The summed E-state index contributed by atoms with van der Waals surface area (Å²) in [4.78, 5) is 12.5. The molecule has 1 aliphatic heterocycles. The fourth-order valence-corrected chi connectivity index (χ4v) is 5.68. The highest BCUT2D eigenvalue weighted by Crippen LogP contribution is 2.39. The zero-order chi connectivity index (χ0) is 27.7. The second kappa shape index (κ2) is 10.6. The van der Waals surface area contributed by atoms with Crippen molar-refractivity contribution in [3.63, 3.8) is 0 Å². The molecule has 8 heteroatoms. The third-order valence-electron chi connectivity index (χ3n) is 6.07. The predicted octanol–water partition coefficient (Wildman–Crippen LogP) is 6.30. The number of ether oxygens (including phenoxy) is 2. The molecule has 0 aromatic heterocycles. The maximum atomic E-state index is 13.0. The van der Waals surface area contributed by atoms with E-state index in [-0.39, 0.29) is 11.4 Å². The van der Waals surface area contributed by atoms with Gasteiger partial charge in [-0.3, -0.25) is 4.72 Å². The highest BCUT2D eigenvalue weighted by Gasteiger charge is 2.31. The minimum Gasteiger partial charge on any atom is -0.479 e. The highest BCUT2D eigenvalue weighted by atomic mass is 32.2. The zero-order valence-corrected chi connectivity index (χ0v) is 23.1. The number of fused-ring (bicyclic) bond motifs is 1. The molecule has 1 aliphatic rings. The van der Waals surface area contributed by atoms with Crippen molar-refractivity contribution >= 4 is 21.7 Å². The summed E-state index contributed by atoms with van der Waals surface area (Å²) in [6.07, 6.45) is 2.93. The number of nitrogens with one attached hydrogen (secondary N) is 1. The van der Waals surface area contributed by atoms with Crippen LogP contribution in [0.15, 0.2) is 66.9 Å². The van der Waals surface area contributed by atoms with Crippen LogP contribution in [0.4, 0.5) is 5.69 Å². The summed E-state index contributed by atoms with van der Waals surface area (Å²) < 4.78 is 40.3. The Morgan fingerprint density at radius 3 is 2.45 bits per heavy atom. The molecule has 7 nitrogen and oxygen atoms in total. The lowest BCUT2D eigenvalue weighted by atomic mass is 9.89. The fraction of sp³-hybridized carbons (Fsp3) is 0.300. The monoisotopic (exact) mass is 535 g/mol. The third-order valence-corrected chi connectivity index (χ3v) is 7.33. The molecular weight excluding hydrogens is 502 g/mol. The first kappa shape index (κ1) is 27.4. The number of allylic oxidation sites excluding steroid dienone is 1. The number of carboxylic acid groups (broad SMARTS) is 1. The first-order chi connectivity index (χ1) is 17.8. The number of hydrogen-bond donors (Lipinski definition) is 2. The molecule has 0 spiro atoms. The third kappa shape index (κ3) is 6.62. The van der Waals surface area contributed by atoms with Crippen molar-refractivity contribution in [2.24, 2.45) is 0 Å². The topological polar surface area (TPSA) is 102 Å². The SMILES string of the molecule is Cc1ccc(CS(=O)(=O)Nc2cc(C)c(-c3ccc4c(c3)CC=CO4)c(C(OC(C)(C)C)C(=O)O)c2)cc1. The van der Waals surface area contributed by atoms with Gasteiger partial charge in [-0.1, -0.05) is 35.9 Å². The number of hydrogen-bond acceptors (Lipinski definition) is 5. The summed E-state index contributed by atoms with van der Waals surface area (Å²) >= 11 is 0. The van der Waals surface area contributed by atoms with Crippen LogP contribution in [0.2, 0.25) is 0 Å². The van der Waals surface area contributed by atoms with Crippen molar-refractivity contribution in [2.45, 2.75) is 58.5 Å². The van der Waals surface area contributed by atoms with Crippen LogP contribution in [0.25, 0.3) is 11.1 Å². The van der Waals surface area contributed by atoms with E-state index in [0.29, 0.717) is 28.7 Å². The number of sulfonamides is 1. The van der Waals surface area contributed by atoms with E-state index in [2.05, 4.69) is 4.72 Å². The van der Waals surface area contributed by atoms with Crippen molar-refractivity contribution in [3.05, 3.63) is 94.8 Å². The zero-order valence-electron chi connectivity index (χ0n) is 22.2. The van der Waals surface area contributed by atoms with Gasteiger partial charge in [0.1, 0.15) is 5.75 Å². The van der Waals surface area contributed by atoms with Crippen LogP contribution in [-0.2, 0) is 31.7 Å². The Morgan fingerprint density at radius 2 is 1.79 bits per heavy atom. The Balaban J connectivity index is 1.80. The maximum absolute atomic E-state index is 13.0. The smallest absolute Gasteiger partial charge is 0.337 e. The van der Waals surface area contributed by atoms with Crippen LogP contribution in [-0.4, -0.2) is 25.1 Å². The summed E-state index contributed by atoms with van der Waals surface area (Å²) in [6.45, 7) is 9.13. The van der Waals surface area contributed by atoms with Crippen LogP contribution in [0, 0.1) is 13.8 Å². The molecule has 3 aromatic carbocycles. The molecule has 200 valence electrons. The van der Waals surface area contributed by atoms with Gasteiger partial charge in [-0.25, -0.2) is 13.2 Å². The van der Waals surface area contributed by atoms with E-state index in [1.807, 2.05) is 50.3 Å². The molecule has 0 amide bonds. The summed E-state index contributed by atoms with van der Waals surface area (Å²) in [7, 11) is -3.77. The average molecular weight is 536 g/mol. The van der Waals surface area contributed by atoms with Crippen molar-refractivity contribution < 1.29 is 27.8 Å². The van der Waals surface area contributed by atoms with E-state index in [0.717, 1.165) is 22.4 Å². The Kier molecular flexibility index (Phi) is 7.67. The molecule has 0 saturated heterocycles.